The average molecular weight is 325 g/mol. The predicted molar refractivity (Wildman–Crippen MR) is 100 cm³/mol. The third kappa shape index (κ3) is 3.74. The number of hydrogen-bond donors (Lipinski definition) is 3. The third-order valence-corrected chi connectivity index (χ3v) is 4.34. The van der Waals surface area contributed by atoms with Gasteiger partial charge in [0.1, 0.15) is 0 Å². The maximum absolute atomic E-state index is 5.34. The van der Waals surface area contributed by atoms with Crippen molar-refractivity contribution in [3.63, 3.8) is 0 Å². The Morgan fingerprint density at radius 1 is 1.12 bits per heavy atom. The van der Waals surface area contributed by atoms with E-state index in [1.54, 1.807) is 12.4 Å². The quantitative estimate of drug-likeness (QED) is 0.577. The Labute approximate surface area is 144 Å². The van der Waals surface area contributed by atoms with E-state index < -0.39 is 0 Å². The average Bonchev–Trinajstić information content (AvgIpc) is 2.60. The van der Waals surface area contributed by atoms with E-state index in [4.69, 9.17) is 5.84 Å². The smallest absolute Gasteiger partial charge is 0.223 e. The van der Waals surface area contributed by atoms with Gasteiger partial charge in [-0.05, 0) is 31.7 Å². The molecule has 128 valence electrons. The number of aromatic nitrogens is 2. The van der Waals surface area contributed by atoms with Crippen LogP contribution in [0.25, 0.3) is 5.70 Å². The summed E-state index contributed by atoms with van der Waals surface area (Å²) in [7, 11) is 0. The SMILES string of the molecule is C=C(NN)c1cnc(NC2(c3ccc(C)cc3)CCC2)nc1.CC. The van der Waals surface area contributed by atoms with Gasteiger partial charge >= 0.3 is 0 Å². The fraction of sp³-hybridized carbons (Fsp3) is 0.368. The molecule has 1 aliphatic rings. The molecule has 0 radical (unpaired) electrons. The molecule has 3 rings (SSSR count). The van der Waals surface area contributed by atoms with Gasteiger partial charge in [-0.3, -0.25) is 5.84 Å². The van der Waals surface area contributed by atoms with Crippen molar-refractivity contribution in [1.29, 1.82) is 0 Å². The fourth-order valence-corrected chi connectivity index (χ4v) is 2.73. The van der Waals surface area contributed by atoms with Gasteiger partial charge in [0, 0.05) is 18.0 Å². The fourth-order valence-electron chi connectivity index (χ4n) is 2.73. The van der Waals surface area contributed by atoms with Crippen LogP contribution in [0.5, 0.6) is 0 Å². The van der Waals surface area contributed by atoms with Gasteiger partial charge in [-0.15, -0.1) is 0 Å². The minimum atomic E-state index is -0.0433. The minimum absolute atomic E-state index is 0.0433. The van der Waals surface area contributed by atoms with E-state index in [-0.39, 0.29) is 5.54 Å². The first-order valence-corrected chi connectivity index (χ1v) is 8.46. The van der Waals surface area contributed by atoms with Gasteiger partial charge in [0.05, 0.1) is 11.2 Å². The summed E-state index contributed by atoms with van der Waals surface area (Å²) in [5, 5.41) is 3.51. The molecule has 1 aromatic carbocycles. The lowest BCUT2D eigenvalue weighted by molar-refractivity contribution is 0.282. The van der Waals surface area contributed by atoms with E-state index in [9.17, 15) is 0 Å². The van der Waals surface area contributed by atoms with Crippen molar-refractivity contribution < 1.29 is 0 Å². The van der Waals surface area contributed by atoms with E-state index in [0.29, 0.717) is 11.6 Å². The van der Waals surface area contributed by atoms with Gasteiger partial charge in [0.25, 0.3) is 0 Å². The van der Waals surface area contributed by atoms with E-state index in [0.717, 1.165) is 18.4 Å². The Hall–Kier alpha value is -2.40. The Morgan fingerprint density at radius 2 is 1.71 bits per heavy atom. The van der Waals surface area contributed by atoms with Crippen LogP contribution in [0.15, 0.2) is 43.2 Å². The molecule has 2 aromatic rings. The molecular formula is C19H27N5. The molecule has 1 saturated carbocycles. The second kappa shape index (κ2) is 7.93. The molecule has 1 heterocycles. The lowest BCUT2D eigenvalue weighted by Gasteiger charge is -2.43. The molecule has 1 aliphatic carbocycles. The summed E-state index contributed by atoms with van der Waals surface area (Å²) in [4.78, 5) is 8.76. The summed E-state index contributed by atoms with van der Waals surface area (Å²) in [6, 6.07) is 8.68. The highest BCUT2D eigenvalue weighted by Crippen LogP contribution is 2.43. The highest BCUT2D eigenvalue weighted by molar-refractivity contribution is 5.59. The molecule has 4 N–H and O–H groups in total. The number of nitrogens with zero attached hydrogens (tertiary/aromatic N) is 2. The third-order valence-electron chi connectivity index (χ3n) is 4.34. The van der Waals surface area contributed by atoms with Crippen molar-refractivity contribution >= 4 is 11.6 Å². The molecule has 1 fully saturated rings. The maximum Gasteiger partial charge on any atom is 0.223 e. The Bertz CT molecular complexity index is 657. The van der Waals surface area contributed by atoms with Crippen molar-refractivity contribution in [2.24, 2.45) is 5.84 Å². The Kier molecular flexibility index (Phi) is 5.93. The van der Waals surface area contributed by atoms with Crippen molar-refractivity contribution in [3.8, 4) is 0 Å². The number of nitrogens with two attached hydrogens (primary N) is 1. The van der Waals surface area contributed by atoms with Crippen molar-refractivity contribution in [3.05, 3.63) is 59.9 Å². The standard InChI is InChI=1S/C17H21N5.C2H6/c1-12-4-6-15(7-5-12)17(8-3-9-17)21-16-19-10-14(11-20-16)13(2)22-18;1-2/h4-7,10-11,22H,2-3,8-9,18H2,1H3,(H,19,20,21);1-2H3. The first-order valence-electron chi connectivity index (χ1n) is 8.46. The highest BCUT2D eigenvalue weighted by Gasteiger charge is 2.39. The number of rotatable bonds is 5. The van der Waals surface area contributed by atoms with Crippen LogP contribution in [0.1, 0.15) is 49.8 Å². The summed E-state index contributed by atoms with van der Waals surface area (Å²) in [5.41, 5.74) is 6.41. The first kappa shape index (κ1) is 17.9. The molecule has 1 aromatic heterocycles. The molecule has 0 aliphatic heterocycles. The number of benzene rings is 1. The zero-order chi connectivity index (χ0) is 17.6. The zero-order valence-corrected chi connectivity index (χ0v) is 14.8. The van der Waals surface area contributed by atoms with Gasteiger partial charge in [0.2, 0.25) is 5.95 Å². The predicted octanol–water partition coefficient (Wildman–Crippen LogP) is 3.74. The highest BCUT2D eigenvalue weighted by atomic mass is 15.2. The maximum atomic E-state index is 5.34. The normalized spacial score (nSPS) is 14.7. The summed E-state index contributed by atoms with van der Waals surface area (Å²) >= 11 is 0. The monoisotopic (exact) mass is 325 g/mol. The summed E-state index contributed by atoms with van der Waals surface area (Å²) < 4.78 is 0. The van der Waals surface area contributed by atoms with Gasteiger partial charge in [-0.25, -0.2) is 9.97 Å². The minimum Gasteiger partial charge on any atom is -0.345 e. The van der Waals surface area contributed by atoms with Crippen LogP contribution in [0.2, 0.25) is 0 Å². The van der Waals surface area contributed by atoms with Crippen LogP contribution >= 0.6 is 0 Å². The summed E-state index contributed by atoms with van der Waals surface area (Å²) in [6.07, 6.45) is 6.85. The molecule has 0 spiro atoms. The number of nitrogens with one attached hydrogen (secondary N) is 2. The molecule has 0 bridgehead atoms. The molecule has 24 heavy (non-hydrogen) atoms. The van der Waals surface area contributed by atoms with Gasteiger partial charge in [-0.1, -0.05) is 50.3 Å². The van der Waals surface area contributed by atoms with E-state index >= 15 is 0 Å². The molecular weight excluding hydrogens is 298 g/mol. The number of anilines is 1. The second-order valence-corrected chi connectivity index (χ2v) is 5.84. The topological polar surface area (TPSA) is 75.9 Å². The van der Waals surface area contributed by atoms with Crippen LogP contribution in [-0.2, 0) is 5.54 Å². The van der Waals surface area contributed by atoms with Crippen LogP contribution in [0.3, 0.4) is 0 Å². The van der Waals surface area contributed by atoms with Crippen LogP contribution in [0.4, 0.5) is 5.95 Å². The van der Waals surface area contributed by atoms with Gasteiger partial charge < -0.3 is 10.7 Å². The van der Waals surface area contributed by atoms with Crippen LogP contribution in [-0.4, -0.2) is 9.97 Å². The van der Waals surface area contributed by atoms with Gasteiger partial charge in [0.15, 0.2) is 0 Å². The number of aryl methyl sites for hydroxylation is 1. The molecule has 5 nitrogen and oxygen atoms in total. The lowest BCUT2D eigenvalue weighted by atomic mass is 9.72. The largest absolute Gasteiger partial charge is 0.345 e. The second-order valence-electron chi connectivity index (χ2n) is 5.84. The zero-order valence-electron chi connectivity index (χ0n) is 14.8. The molecule has 0 amide bonds. The van der Waals surface area contributed by atoms with Crippen molar-refractivity contribution in [2.75, 3.05) is 5.32 Å². The number of hydrazine groups is 1. The van der Waals surface area contributed by atoms with Crippen LogP contribution in [0, 0.1) is 6.92 Å². The summed E-state index contributed by atoms with van der Waals surface area (Å²) in [5.74, 6) is 5.98. The molecule has 0 atom stereocenters. The van der Waals surface area contributed by atoms with E-state index in [2.05, 4.69) is 58.5 Å². The van der Waals surface area contributed by atoms with Crippen LogP contribution < -0.4 is 16.6 Å². The van der Waals surface area contributed by atoms with E-state index in [1.807, 2.05) is 13.8 Å². The first-order chi connectivity index (χ1) is 11.6. The Morgan fingerprint density at radius 3 is 2.17 bits per heavy atom. The molecule has 5 heteroatoms. The Balaban J connectivity index is 0.00000100. The summed E-state index contributed by atoms with van der Waals surface area (Å²) in [6.45, 7) is 9.90. The molecule has 0 unspecified atom stereocenters. The van der Waals surface area contributed by atoms with E-state index in [1.165, 1.54) is 17.5 Å². The molecule has 0 saturated heterocycles. The van der Waals surface area contributed by atoms with Gasteiger partial charge in [-0.2, -0.15) is 0 Å². The van der Waals surface area contributed by atoms with Crippen molar-refractivity contribution in [2.45, 2.75) is 45.6 Å². The van der Waals surface area contributed by atoms with Crippen molar-refractivity contribution in [1.82, 2.24) is 15.4 Å². The lowest BCUT2D eigenvalue weighted by Crippen LogP contribution is -2.42. The number of hydrogen-bond acceptors (Lipinski definition) is 5.